The monoisotopic (exact) mass is 378 g/mol. The molecule has 0 N–H and O–H groups in total. The van der Waals surface area contributed by atoms with Crippen LogP contribution >= 0.6 is 0 Å². The predicted molar refractivity (Wildman–Crippen MR) is 119 cm³/mol. The summed E-state index contributed by atoms with van der Waals surface area (Å²) >= 11 is 0. The second-order valence-corrected chi connectivity index (χ2v) is 8.40. The van der Waals surface area contributed by atoms with Gasteiger partial charge in [-0.1, -0.05) is 74.7 Å². The number of hydrogen-bond acceptors (Lipinski definition) is 0. The van der Waals surface area contributed by atoms with E-state index in [1.807, 2.05) is 6.07 Å². The molecule has 0 spiro atoms. The minimum absolute atomic E-state index is 0.0216. The lowest BCUT2D eigenvalue weighted by molar-refractivity contribution is 0.301. The lowest BCUT2D eigenvalue weighted by Gasteiger charge is -2.29. The van der Waals surface area contributed by atoms with Gasteiger partial charge in [0.05, 0.1) is 0 Å². The molecule has 0 atom stereocenters. The van der Waals surface area contributed by atoms with Crippen molar-refractivity contribution >= 4 is 0 Å². The van der Waals surface area contributed by atoms with Crippen LogP contribution in [-0.2, 0) is 6.42 Å². The Hall–Kier alpha value is -1.89. The van der Waals surface area contributed by atoms with Gasteiger partial charge in [-0.3, -0.25) is 0 Å². The highest BCUT2D eigenvalue weighted by molar-refractivity contribution is 5.64. The normalized spacial score (nSPS) is 20.0. The fourth-order valence-corrected chi connectivity index (χ4v) is 4.57. The maximum Gasteiger partial charge on any atom is 0.127 e. The first kappa shape index (κ1) is 20.8. The Morgan fingerprint density at radius 3 is 2.32 bits per heavy atom. The van der Waals surface area contributed by atoms with Gasteiger partial charge in [0.1, 0.15) is 5.82 Å². The minimum atomic E-state index is -0.0216. The number of allylic oxidation sites excluding steroid dienone is 2. The number of rotatable bonds is 8. The van der Waals surface area contributed by atoms with Crippen LogP contribution in [0.2, 0.25) is 0 Å². The van der Waals surface area contributed by atoms with Gasteiger partial charge in [-0.2, -0.15) is 0 Å². The van der Waals surface area contributed by atoms with Gasteiger partial charge in [0, 0.05) is 0 Å². The maximum atomic E-state index is 14.9. The standard InChI is InChI=1S/C27H35F/c1-3-5-7-9-22-10-14-23(15-11-22)25-18-19-26(27(28)20-25)24-16-12-21(13-17-24)8-6-4-2/h3,5,10-11,14-15,18-21,24H,4,6-9,12-13,16-17H2,1-2H3/b5-3+. The molecule has 1 heteroatoms. The Morgan fingerprint density at radius 1 is 0.964 bits per heavy atom. The first-order valence-electron chi connectivity index (χ1n) is 11.2. The van der Waals surface area contributed by atoms with E-state index >= 15 is 0 Å². The molecule has 0 bridgehead atoms. The van der Waals surface area contributed by atoms with Crippen LogP contribution in [0.4, 0.5) is 4.39 Å². The summed E-state index contributed by atoms with van der Waals surface area (Å²) in [5, 5.41) is 0. The highest BCUT2D eigenvalue weighted by Gasteiger charge is 2.24. The van der Waals surface area contributed by atoms with Gasteiger partial charge in [-0.05, 0) is 85.6 Å². The maximum absolute atomic E-state index is 14.9. The summed E-state index contributed by atoms with van der Waals surface area (Å²) in [7, 11) is 0. The molecule has 1 fully saturated rings. The van der Waals surface area contributed by atoms with Gasteiger partial charge in [0.15, 0.2) is 0 Å². The number of aryl methyl sites for hydroxylation is 1. The first-order chi connectivity index (χ1) is 13.7. The van der Waals surface area contributed by atoms with Crippen LogP contribution in [0.1, 0.15) is 82.3 Å². The van der Waals surface area contributed by atoms with E-state index < -0.39 is 0 Å². The fraction of sp³-hybridized carbons (Fsp3) is 0.481. The van der Waals surface area contributed by atoms with E-state index in [1.54, 1.807) is 6.07 Å². The lowest BCUT2D eigenvalue weighted by Crippen LogP contribution is -2.14. The molecule has 0 amide bonds. The molecule has 2 aromatic rings. The summed E-state index contributed by atoms with van der Waals surface area (Å²) in [6.45, 7) is 4.32. The Bertz CT molecular complexity index is 748. The van der Waals surface area contributed by atoms with E-state index in [0.29, 0.717) is 5.92 Å². The van der Waals surface area contributed by atoms with Crippen molar-refractivity contribution in [2.24, 2.45) is 5.92 Å². The highest BCUT2D eigenvalue weighted by atomic mass is 19.1. The number of benzene rings is 2. The molecule has 0 radical (unpaired) electrons. The Labute approximate surface area is 170 Å². The number of hydrogen-bond donors (Lipinski definition) is 0. The van der Waals surface area contributed by atoms with Gasteiger partial charge in [-0.15, -0.1) is 0 Å². The molecular formula is C27H35F. The van der Waals surface area contributed by atoms with E-state index in [1.165, 1.54) is 37.7 Å². The smallest absolute Gasteiger partial charge is 0.127 e. The fourth-order valence-electron chi connectivity index (χ4n) is 4.57. The first-order valence-corrected chi connectivity index (χ1v) is 11.2. The van der Waals surface area contributed by atoms with Crippen molar-refractivity contribution in [2.75, 3.05) is 0 Å². The van der Waals surface area contributed by atoms with Crippen LogP contribution < -0.4 is 0 Å². The third-order valence-electron chi connectivity index (χ3n) is 6.38. The molecule has 0 aromatic heterocycles. The van der Waals surface area contributed by atoms with Crippen molar-refractivity contribution in [1.29, 1.82) is 0 Å². The second-order valence-electron chi connectivity index (χ2n) is 8.40. The summed E-state index contributed by atoms with van der Waals surface area (Å²) in [4.78, 5) is 0. The Kier molecular flexibility index (Phi) is 7.89. The van der Waals surface area contributed by atoms with Crippen LogP contribution in [0.15, 0.2) is 54.6 Å². The van der Waals surface area contributed by atoms with Crippen LogP contribution in [0.3, 0.4) is 0 Å². The van der Waals surface area contributed by atoms with Crippen LogP contribution in [-0.4, -0.2) is 0 Å². The summed E-state index contributed by atoms with van der Waals surface area (Å²) in [5.74, 6) is 1.25. The van der Waals surface area contributed by atoms with Gasteiger partial charge >= 0.3 is 0 Å². The molecule has 3 rings (SSSR count). The van der Waals surface area contributed by atoms with Gasteiger partial charge in [0.2, 0.25) is 0 Å². The SMILES string of the molecule is C/C=C/CCc1ccc(-c2ccc(C3CCC(CCCC)CC3)c(F)c2)cc1. The van der Waals surface area contributed by atoms with Crippen molar-refractivity contribution < 1.29 is 4.39 Å². The molecule has 0 aliphatic heterocycles. The predicted octanol–water partition coefficient (Wildman–Crippen LogP) is 8.47. The largest absolute Gasteiger partial charge is 0.207 e. The average molecular weight is 379 g/mol. The molecule has 150 valence electrons. The van der Waals surface area contributed by atoms with Crippen LogP contribution in [0, 0.1) is 11.7 Å². The molecule has 1 aliphatic rings. The van der Waals surface area contributed by atoms with E-state index in [4.69, 9.17) is 0 Å². The Morgan fingerprint density at radius 2 is 1.68 bits per heavy atom. The molecule has 28 heavy (non-hydrogen) atoms. The molecule has 0 unspecified atom stereocenters. The van der Waals surface area contributed by atoms with Gasteiger partial charge < -0.3 is 0 Å². The van der Waals surface area contributed by atoms with Crippen LogP contribution in [0.5, 0.6) is 0 Å². The topological polar surface area (TPSA) is 0 Å². The summed E-state index contributed by atoms with van der Waals surface area (Å²) in [6.07, 6.45) is 15.2. The van der Waals surface area contributed by atoms with Gasteiger partial charge in [-0.25, -0.2) is 4.39 Å². The van der Waals surface area contributed by atoms with Crippen molar-refractivity contribution in [2.45, 2.75) is 77.6 Å². The quantitative estimate of drug-likeness (QED) is 0.404. The molecule has 0 saturated heterocycles. The van der Waals surface area contributed by atoms with Crippen LogP contribution in [0.25, 0.3) is 11.1 Å². The van der Waals surface area contributed by atoms with E-state index in [0.717, 1.165) is 48.3 Å². The van der Waals surface area contributed by atoms with Crippen molar-refractivity contribution in [3.05, 3.63) is 71.6 Å². The second kappa shape index (κ2) is 10.6. The zero-order chi connectivity index (χ0) is 19.8. The molecule has 1 saturated carbocycles. The summed E-state index contributed by atoms with van der Waals surface area (Å²) in [6, 6.07) is 14.5. The molecule has 2 aromatic carbocycles. The van der Waals surface area contributed by atoms with E-state index in [-0.39, 0.29) is 5.82 Å². The van der Waals surface area contributed by atoms with Crippen molar-refractivity contribution in [3.8, 4) is 11.1 Å². The zero-order valence-electron chi connectivity index (χ0n) is 17.6. The molecule has 0 nitrogen and oxygen atoms in total. The third-order valence-corrected chi connectivity index (χ3v) is 6.38. The number of halogens is 1. The third kappa shape index (κ3) is 5.56. The zero-order valence-corrected chi connectivity index (χ0v) is 17.6. The van der Waals surface area contributed by atoms with E-state index in [2.05, 4.69) is 56.3 Å². The lowest BCUT2D eigenvalue weighted by atomic mass is 9.77. The molecule has 0 heterocycles. The van der Waals surface area contributed by atoms with E-state index in [9.17, 15) is 4.39 Å². The summed E-state index contributed by atoms with van der Waals surface area (Å²) < 4.78 is 14.9. The molecule has 1 aliphatic carbocycles. The summed E-state index contributed by atoms with van der Waals surface area (Å²) in [5.41, 5.74) is 4.35. The minimum Gasteiger partial charge on any atom is -0.207 e. The molecular weight excluding hydrogens is 343 g/mol. The highest BCUT2D eigenvalue weighted by Crippen LogP contribution is 2.39. The van der Waals surface area contributed by atoms with Gasteiger partial charge in [0.25, 0.3) is 0 Å². The van der Waals surface area contributed by atoms with Crippen molar-refractivity contribution in [1.82, 2.24) is 0 Å². The number of unbranched alkanes of at least 4 members (excludes halogenated alkanes) is 1. The average Bonchev–Trinajstić information content (AvgIpc) is 2.73. The Balaban J connectivity index is 1.62. The van der Waals surface area contributed by atoms with Crippen molar-refractivity contribution in [3.63, 3.8) is 0 Å².